The summed E-state index contributed by atoms with van der Waals surface area (Å²) in [5.41, 5.74) is 1.98. The van der Waals surface area contributed by atoms with Gasteiger partial charge in [0.05, 0.1) is 23.1 Å². The molecule has 4 nitrogen and oxygen atoms in total. The van der Waals surface area contributed by atoms with Gasteiger partial charge < -0.3 is 9.84 Å². The number of aryl methyl sites for hydroxylation is 2. The molecule has 1 aliphatic carbocycles. The molecule has 1 aliphatic heterocycles. The number of aromatic nitrogens is 2. The number of rotatable bonds is 2. The number of ether oxygens (including phenoxy) is 1. The molecule has 2 atom stereocenters. The standard InChI is InChI=1S/C15H24N2O2/c1-11-9-13(17(2)16-11)14(18)12-5-8-19-15(10-12)6-3-4-7-15/h9,12,14,18H,3-8,10H2,1-2H3. The highest BCUT2D eigenvalue weighted by Gasteiger charge is 2.42. The van der Waals surface area contributed by atoms with Crippen molar-refractivity contribution in [2.75, 3.05) is 6.61 Å². The summed E-state index contributed by atoms with van der Waals surface area (Å²) in [5, 5.41) is 15.0. The molecule has 1 N–H and O–H groups in total. The molecule has 2 aliphatic rings. The van der Waals surface area contributed by atoms with Crippen molar-refractivity contribution in [2.45, 2.75) is 57.2 Å². The molecule has 2 unspecified atom stereocenters. The van der Waals surface area contributed by atoms with Crippen LogP contribution in [0.4, 0.5) is 0 Å². The van der Waals surface area contributed by atoms with Crippen molar-refractivity contribution in [1.82, 2.24) is 9.78 Å². The molecule has 2 heterocycles. The SMILES string of the molecule is Cc1cc(C(O)C2CCOC3(CCCC3)C2)n(C)n1. The Balaban J connectivity index is 1.76. The third kappa shape index (κ3) is 2.43. The second-order valence-electron chi connectivity index (χ2n) is 6.27. The third-order valence-electron chi connectivity index (χ3n) is 4.83. The molecule has 2 fully saturated rings. The average molecular weight is 264 g/mol. The predicted molar refractivity (Wildman–Crippen MR) is 72.8 cm³/mol. The van der Waals surface area contributed by atoms with Gasteiger partial charge in [-0.05, 0) is 44.6 Å². The van der Waals surface area contributed by atoms with Crippen molar-refractivity contribution in [3.8, 4) is 0 Å². The monoisotopic (exact) mass is 264 g/mol. The van der Waals surface area contributed by atoms with E-state index < -0.39 is 6.10 Å². The molecule has 19 heavy (non-hydrogen) atoms. The number of hydrogen-bond acceptors (Lipinski definition) is 3. The summed E-state index contributed by atoms with van der Waals surface area (Å²) in [6, 6.07) is 2.00. The molecule has 3 rings (SSSR count). The summed E-state index contributed by atoms with van der Waals surface area (Å²) in [4.78, 5) is 0. The lowest BCUT2D eigenvalue weighted by atomic mass is 9.81. The van der Waals surface area contributed by atoms with E-state index in [1.807, 2.05) is 24.7 Å². The molecule has 1 aromatic heterocycles. The molecule has 0 bridgehead atoms. The van der Waals surface area contributed by atoms with E-state index in [2.05, 4.69) is 5.10 Å². The third-order valence-corrected chi connectivity index (χ3v) is 4.83. The lowest BCUT2D eigenvalue weighted by Gasteiger charge is -2.40. The summed E-state index contributed by atoms with van der Waals surface area (Å²) >= 11 is 0. The molecular formula is C15H24N2O2. The largest absolute Gasteiger partial charge is 0.387 e. The molecule has 4 heteroatoms. The van der Waals surface area contributed by atoms with Gasteiger partial charge >= 0.3 is 0 Å². The summed E-state index contributed by atoms with van der Waals surface area (Å²) in [7, 11) is 1.91. The van der Waals surface area contributed by atoms with Crippen molar-refractivity contribution in [3.63, 3.8) is 0 Å². The van der Waals surface area contributed by atoms with Crippen LogP contribution < -0.4 is 0 Å². The van der Waals surface area contributed by atoms with Gasteiger partial charge in [0.2, 0.25) is 0 Å². The van der Waals surface area contributed by atoms with E-state index in [0.29, 0.717) is 5.92 Å². The minimum atomic E-state index is -0.410. The minimum Gasteiger partial charge on any atom is -0.387 e. The van der Waals surface area contributed by atoms with Crippen molar-refractivity contribution in [1.29, 1.82) is 0 Å². The Bertz CT molecular complexity index is 449. The second-order valence-corrected chi connectivity index (χ2v) is 6.27. The van der Waals surface area contributed by atoms with Crippen LogP contribution in [0.15, 0.2) is 6.07 Å². The van der Waals surface area contributed by atoms with Gasteiger partial charge in [0, 0.05) is 13.7 Å². The van der Waals surface area contributed by atoms with E-state index in [0.717, 1.165) is 30.8 Å². The van der Waals surface area contributed by atoms with Crippen LogP contribution in [0, 0.1) is 12.8 Å². The van der Waals surface area contributed by atoms with Gasteiger partial charge in [-0.2, -0.15) is 5.10 Å². The fourth-order valence-electron chi connectivity index (χ4n) is 3.85. The first-order chi connectivity index (χ1) is 9.10. The number of hydrogen-bond donors (Lipinski definition) is 1. The summed E-state index contributed by atoms with van der Waals surface area (Å²) in [6.45, 7) is 2.76. The Morgan fingerprint density at radius 1 is 1.47 bits per heavy atom. The zero-order chi connectivity index (χ0) is 13.5. The van der Waals surface area contributed by atoms with E-state index in [-0.39, 0.29) is 5.60 Å². The maximum Gasteiger partial charge on any atom is 0.0986 e. The zero-order valence-corrected chi connectivity index (χ0v) is 11.9. The fourth-order valence-corrected chi connectivity index (χ4v) is 3.85. The van der Waals surface area contributed by atoms with E-state index in [1.54, 1.807) is 0 Å². The number of nitrogens with zero attached hydrogens (tertiary/aromatic N) is 2. The van der Waals surface area contributed by atoms with E-state index in [4.69, 9.17) is 4.74 Å². The van der Waals surface area contributed by atoms with Gasteiger partial charge in [0.25, 0.3) is 0 Å². The Labute approximate surface area is 114 Å². The topological polar surface area (TPSA) is 47.3 Å². The Hall–Kier alpha value is -0.870. The van der Waals surface area contributed by atoms with Gasteiger partial charge in [-0.25, -0.2) is 0 Å². The first kappa shape index (κ1) is 13.1. The van der Waals surface area contributed by atoms with Gasteiger partial charge in [-0.15, -0.1) is 0 Å². The summed E-state index contributed by atoms with van der Waals surface area (Å²) < 4.78 is 7.86. The van der Waals surface area contributed by atoms with Crippen LogP contribution in [-0.2, 0) is 11.8 Å². The first-order valence-electron chi connectivity index (χ1n) is 7.42. The highest BCUT2D eigenvalue weighted by Crippen LogP contribution is 2.45. The van der Waals surface area contributed by atoms with E-state index in [1.165, 1.54) is 25.7 Å². The summed E-state index contributed by atoms with van der Waals surface area (Å²) in [5.74, 6) is 0.307. The Morgan fingerprint density at radius 3 is 2.84 bits per heavy atom. The van der Waals surface area contributed by atoms with Crippen molar-refractivity contribution < 1.29 is 9.84 Å². The van der Waals surface area contributed by atoms with Crippen molar-refractivity contribution in [2.24, 2.45) is 13.0 Å². The highest BCUT2D eigenvalue weighted by molar-refractivity contribution is 5.13. The molecule has 1 aromatic rings. The van der Waals surface area contributed by atoms with Crippen molar-refractivity contribution in [3.05, 3.63) is 17.5 Å². The van der Waals surface area contributed by atoms with Gasteiger partial charge in [-0.1, -0.05) is 12.8 Å². The number of aliphatic hydroxyl groups excluding tert-OH is 1. The normalized spacial score (nSPS) is 27.8. The smallest absolute Gasteiger partial charge is 0.0986 e. The van der Waals surface area contributed by atoms with Crippen LogP contribution in [0.3, 0.4) is 0 Å². The Kier molecular flexibility index (Phi) is 3.39. The van der Waals surface area contributed by atoms with Crippen LogP contribution >= 0.6 is 0 Å². The second kappa shape index (κ2) is 4.91. The van der Waals surface area contributed by atoms with E-state index in [9.17, 15) is 5.11 Å². The lowest BCUT2D eigenvalue weighted by molar-refractivity contribution is -0.114. The molecule has 1 saturated carbocycles. The van der Waals surface area contributed by atoms with Crippen molar-refractivity contribution >= 4 is 0 Å². The molecule has 106 valence electrons. The molecule has 1 spiro atoms. The van der Waals surface area contributed by atoms with Gasteiger partial charge in [-0.3, -0.25) is 4.68 Å². The highest BCUT2D eigenvalue weighted by atomic mass is 16.5. The first-order valence-corrected chi connectivity index (χ1v) is 7.42. The van der Waals surface area contributed by atoms with Crippen LogP contribution in [0.2, 0.25) is 0 Å². The molecule has 0 radical (unpaired) electrons. The maximum absolute atomic E-state index is 10.7. The Morgan fingerprint density at radius 2 is 2.21 bits per heavy atom. The predicted octanol–water partition coefficient (Wildman–Crippen LogP) is 2.50. The molecular weight excluding hydrogens is 240 g/mol. The maximum atomic E-state index is 10.7. The van der Waals surface area contributed by atoms with Crippen LogP contribution in [0.5, 0.6) is 0 Å². The average Bonchev–Trinajstić information content (AvgIpc) is 2.96. The molecule has 0 aromatic carbocycles. The van der Waals surface area contributed by atoms with Gasteiger partial charge in [0.1, 0.15) is 0 Å². The van der Waals surface area contributed by atoms with Crippen LogP contribution in [0.1, 0.15) is 56.0 Å². The fraction of sp³-hybridized carbons (Fsp3) is 0.800. The van der Waals surface area contributed by atoms with Crippen LogP contribution in [0.25, 0.3) is 0 Å². The number of aliphatic hydroxyl groups is 1. The molecule has 0 amide bonds. The van der Waals surface area contributed by atoms with Gasteiger partial charge in [0.15, 0.2) is 0 Å². The van der Waals surface area contributed by atoms with Crippen LogP contribution in [-0.4, -0.2) is 27.1 Å². The summed E-state index contributed by atoms with van der Waals surface area (Å²) in [6.07, 6.45) is 6.42. The lowest BCUT2D eigenvalue weighted by Crippen LogP contribution is -2.39. The molecule has 1 saturated heterocycles. The minimum absolute atomic E-state index is 0.0670. The van der Waals surface area contributed by atoms with E-state index >= 15 is 0 Å². The quantitative estimate of drug-likeness (QED) is 0.892. The zero-order valence-electron chi connectivity index (χ0n) is 11.9.